The van der Waals surface area contributed by atoms with Crippen LogP contribution in [-0.2, 0) is 0 Å². The van der Waals surface area contributed by atoms with E-state index in [1.54, 1.807) is 0 Å². The van der Waals surface area contributed by atoms with Gasteiger partial charge in [-0.15, -0.1) is 0 Å². The normalized spacial score (nSPS) is 19.3. The van der Waals surface area contributed by atoms with Crippen molar-refractivity contribution in [3.05, 3.63) is 71.0 Å². The molecule has 1 aliphatic carbocycles. The van der Waals surface area contributed by atoms with Crippen molar-refractivity contribution in [3.8, 4) is 11.1 Å². The average molecular weight is 423 g/mol. The minimum Gasteiger partial charge on any atom is -0.206 e. The van der Waals surface area contributed by atoms with Gasteiger partial charge in [-0.2, -0.15) is 0 Å². The molecule has 0 radical (unpaired) electrons. The Kier molecular flexibility index (Phi) is 7.10. The highest BCUT2D eigenvalue weighted by Gasteiger charge is 2.22. The van der Waals surface area contributed by atoms with Crippen molar-refractivity contribution in [2.24, 2.45) is 5.92 Å². The van der Waals surface area contributed by atoms with Gasteiger partial charge in [-0.3, -0.25) is 0 Å². The van der Waals surface area contributed by atoms with Gasteiger partial charge in [0.15, 0.2) is 0 Å². The maximum atomic E-state index is 15.2. The predicted octanol–water partition coefficient (Wildman–Crippen LogP) is 9.54. The number of hydrogen-bond donors (Lipinski definition) is 0. The molecule has 0 aromatic heterocycles. The number of hydrogen-bond acceptors (Lipinski definition) is 0. The first-order chi connectivity index (χ1) is 14.7. The lowest BCUT2D eigenvalue weighted by Crippen LogP contribution is -2.13. The van der Waals surface area contributed by atoms with Crippen LogP contribution in [0.1, 0.15) is 76.2 Å². The number of benzene rings is 3. The largest absolute Gasteiger partial charge is 0.206 e. The average Bonchev–Trinajstić information content (AvgIpc) is 2.78. The summed E-state index contributed by atoms with van der Waals surface area (Å²) in [5, 5.41) is 2.38. The molecule has 0 bridgehead atoms. The van der Waals surface area contributed by atoms with E-state index in [0.717, 1.165) is 16.9 Å². The van der Waals surface area contributed by atoms with E-state index < -0.39 is 0 Å². The molecule has 2 heteroatoms. The summed E-state index contributed by atoms with van der Waals surface area (Å²) in [7, 11) is 0. The monoisotopic (exact) mass is 422 g/mol. The van der Waals surface area contributed by atoms with Gasteiger partial charge in [-0.1, -0.05) is 93.1 Å². The first-order valence-electron chi connectivity index (χ1n) is 11.6. The number of rotatable bonds is 7. The lowest BCUT2D eigenvalue weighted by Gasteiger charge is -2.29. The number of halogens is 2. The van der Waals surface area contributed by atoms with Crippen LogP contribution in [0.15, 0.2) is 54.6 Å². The molecule has 3 aromatic carbocycles. The van der Waals surface area contributed by atoms with Crippen LogP contribution in [0.5, 0.6) is 0 Å². The smallest absolute Gasteiger partial charge is 0.138 e. The molecule has 3 aromatic rings. The summed E-state index contributed by atoms with van der Waals surface area (Å²) in [5.74, 6) is 1.40. The van der Waals surface area contributed by atoms with Gasteiger partial charge in [0.05, 0.1) is 0 Å². The van der Waals surface area contributed by atoms with Gasteiger partial charge in [-0.25, -0.2) is 4.39 Å². The SMILES string of the molecule is CCCCCCC1CCC(c2ccc3c(F)c(-c4ccc(Cl)cc4)ccc3c2)CC1. The molecule has 0 nitrogen and oxygen atoms in total. The minimum absolute atomic E-state index is 0.142. The zero-order valence-electron chi connectivity index (χ0n) is 18.0. The van der Waals surface area contributed by atoms with Gasteiger partial charge < -0.3 is 0 Å². The van der Waals surface area contributed by atoms with Crippen LogP contribution in [0.4, 0.5) is 4.39 Å². The van der Waals surface area contributed by atoms with E-state index in [4.69, 9.17) is 11.6 Å². The highest BCUT2D eigenvalue weighted by molar-refractivity contribution is 6.30. The van der Waals surface area contributed by atoms with Crippen molar-refractivity contribution in [2.45, 2.75) is 70.6 Å². The summed E-state index contributed by atoms with van der Waals surface area (Å²) < 4.78 is 15.2. The second-order valence-electron chi connectivity index (χ2n) is 8.98. The van der Waals surface area contributed by atoms with E-state index in [9.17, 15) is 0 Å². The van der Waals surface area contributed by atoms with Gasteiger partial charge >= 0.3 is 0 Å². The van der Waals surface area contributed by atoms with Gasteiger partial charge in [0.25, 0.3) is 0 Å². The van der Waals surface area contributed by atoms with Gasteiger partial charge in [0, 0.05) is 16.0 Å². The van der Waals surface area contributed by atoms with Gasteiger partial charge in [0.2, 0.25) is 0 Å². The van der Waals surface area contributed by atoms with Crippen LogP contribution in [0.2, 0.25) is 5.02 Å². The third-order valence-corrected chi connectivity index (χ3v) is 7.17. The molecule has 0 heterocycles. The molecule has 1 aliphatic rings. The molecule has 158 valence electrons. The topological polar surface area (TPSA) is 0 Å². The Bertz CT molecular complexity index is 968. The minimum atomic E-state index is -0.142. The van der Waals surface area contributed by atoms with Crippen molar-refractivity contribution in [3.63, 3.8) is 0 Å². The third kappa shape index (κ3) is 4.89. The van der Waals surface area contributed by atoms with E-state index in [2.05, 4.69) is 25.1 Å². The molecule has 30 heavy (non-hydrogen) atoms. The Hall–Kier alpha value is -1.86. The Morgan fingerprint density at radius 3 is 2.37 bits per heavy atom. The first kappa shape index (κ1) is 21.4. The lowest BCUT2D eigenvalue weighted by molar-refractivity contribution is 0.302. The Labute approximate surface area is 185 Å². The highest BCUT2D eigenvalue weighted by atomic mass is 35.5. The molecule has 0 N–H and O–H groups in total. The van der Waals surface area contributed by atoms with Crippen LogP contribution < -0.4 is 0 Å². The summed E-state index contributed by atoms with van der Waals surface area (Å²) in [6.45, 7) is 2.28. The van der Waals surface area contributed by atoms with E-state index in [0.29, 0.717) is 21.9 Å². The Morgan fingerprint density at radius 2 is 1.63 bits per heavy atom. The second-order valence-corrected chi connectivity index (χ2v) is 9.42. The molecular weight excluding hydrogens is 391 g/mol. The zero-order valence-corrected chi connectivity index (χ0v) is 18.7. The molecular formula is C28H32ClF. The van der Waals surface area contributed by atoms with E-state index >= 15 is 4.39 Å². The van der Waals surface area contributed by atoms with E-state index in [-0.39, 0.29) is 5.82 Å². The predicted molar refractivity (Wildman–Crippen MR) is 128 cm³/mol. The van der Waals surface area contributed by atoms with Crippen molar-refractivity contribution >= 4 is 22.4 Å². The number of fused-ring (bicyclic) bond motifs is 1. The standard InChI is InChI=1S/C28H32ClF/c1-2-3-4-5-6-20-7-9-21(10-8-20)23-13-17-27-24(19-23)14-18-26(28(27)30)22-11-15-25(29)16-12-22/h11-21H,2-10H2,1H3. The third-order valence-electron chi connectivity index (χ3n) is 6.92. The Balaban J connectivity index is 1.45. The molecule has 0 unspecified atom stereocenters. The van der Waals surface area contributed by atoms with E-state index in [1.807, 2.05) is 36.4 Å². The van der Waals surface area contributed by atoms with Crippen LogP contribution in [0.3, 0.4) is 0 Å². The molecule has 0 saturated heterocycles. The maximum absolute atomic E-state index is 15.2. The fourth-order valence-corrected chi connectivity index (χ4v) is 5.19. The van der Waals surface area contributed by atoms with Crippen LogP contribution >= 0.6 is 11.6 Å². The van der Waals surface area contributed by atoms with Crippen molar-refractivity contribution in [1.82, 2.24) is 0 Å². The second kappa shape index (κ2) is 9.96. The summed E-state index contributed by atoms with van der Waals surface area (Å²) >= 11 is 5.98. The Morgan fingerprint density at radius 1 is 0.867 bits per heavy atom. The van der Waals surface area contributed by atoms with E-state index in [1.165, 1.54) is 63.4 Å². The van der Waals surface area contributed by atoms with Gasteiger partial charge in [-0.05, 0) is 66.2 Å². The fourth-order valence-electron chi connectivity index (χ4n) is 5.06. The molecule has 0 amide bonds. The molecule has 1 saturated carbocycles. The van der Waals surface area contributed by atoms with Crippen molar-refractivity contribution in [1.29, 1.82) is 0 Å². The fraction of sp³-hybridized carbons (Fsp3) is 0.429. The maximum Gasteiger partial charge on any atom is 0.138 e. The zero-order chi connectivity index (χ0) is 20.9. The molecule has 4 rings (SSSR count). The quantitative estimate of drug-likeness (QED) is 0.332. The lowest BCUT2D eigenvalue weighted by atomic mass is 9.76. The summed E-state index contributed by atoms with van der Waals surface area (Å²) in [4.78, 5) is 0. The number of unbranched alkanes of at least 4 members (excludes halogenated alkanes) is 3. The summed E-state index contributed by atoms with van der Waals surface area (Å²) in [6.07, 6.45) is 12.1. The van der Waals surface area contributed by atoms with Crippen LogP contribution in [-0.4, -0.2) is 0 Å². The summed E-state index contributed by atoms with van der Waals surface area (Å²) in [6, 6.07) is 17.7. The van der Waals surface area contributed by atoms with Crippen LogP contribution in [0.25, 0.3) is 21.9 Å². The van der Waals surface area contributed by atoms with Gasteiger partial charge in [0.1, 0.15) is 5.82 Å². The first-order valence-corrected chi connectivity index (χ1v) is 12.0. The molecule has 1 fully saturated rings. The molecule has 0 aliphatic heterocycles. The molecule has 0 spiro atoms. The van der Waals surface area contributed by atoms with Crippen LogP contribution in [0, 0.1) is 11.7 Å². The molecule has 0 atom stereocenters. The summed E-state index contributed by atoms with van der Waals surface area (Å²) in [5.41, 5.74) is 2.88. The van der Waals surface area contributed by atoms with Crippen molar-refractivity contribution in [2.75, 3.05) is 0 Å². The van der Waals surface area contributed by atoms with Crippen molar-refractivity contribution < 1.29 is 4.39 Å². The highest BCUT2D eigenvalue weighted by Crippen LogP contribution is 2.39.